The van der Waals surface area contributed by atoms with Gasteiger partial charge in [0.2, 0.25) is 0 Å². The average Bonchev–Trinajstić information content (AvgIpc) is 2.48. The van der Waals surface area contributed by atoms with Crippen molar-refractivity contribution in [1.82, 2.24) is 5.48 Å². The summed E-state index contributed by atoms with van der Waals surface area (Å²) in [6.45, 7) is 4.72. The molecule has 0 heterocycles. The Morgan fingerprint density at radius 2 is 1.74 bits per heavy atom. The van der Waals surface area contributed by atoms with E-state index in [1.165, 1.54) is 12.3 Å². The van der Waals surface area contributed by atoms with Gasteiger partial charge in [0.05, 0.1) is 23.3 Å². The smallest absolute Gasteiger partial charge is 0.156 e. The third-order valence-corrected chi connectivity index (χ3v) is 3.38. The molecular weight excluding hydrogens is 384 g/mol. The molecule has 4 nitrogen and oxygen atoms in total. The standard InChI is InChI=1S/C15H17Cl4NO3/c1-2-20-23-7-4-3-6-22-15-12(16)9-11(10-13(15)17)21-8-5-14(18)19/h2,5,9-10,20H,1,3-4,6-8H2. The van der Waals surface area contributed by atoms with Gasteiger partial charge in [-0.15, -0.1) is 0 Å². The zero-order chi connectivity index (χ0) is 17.1. The van der Waals surface area contributed by atoms with E-state index in [1.54, 1.807) is 12.1 Å². The van der Waals surface area contributed by atoms with Gasteiger partial charge in [-0.3, -0.25) is 10.3 Å². The normalized spacial score (nSPS) is 10.1. The lowest BCUT2D eigenvalue weighted by Crippen LogP contribution is -2.08. The van der Waals surface area contributed by atoms with Crippen molar-refractivity contribution in [1.29, 1.82) is 0 Å². The molecule has 0 unspecified atom stereocenters. The van der Waals surface area contributed by atoms with Crippen LogP contribution in [0.4, 0.5) is 0 Å². The predicted octanol–water partition coefficient (Wildman–Crippen LogP) is 5.51. The minimum absolute atomic E-state index is 0.134. The Morgan fingerprint density at radius 1 is 1.09 bits per heavy atom. The highest BCUT2D eigenvalue weighted by atomic mass is 35.5. The first-order valence-electron chi connectivity index (χ1n) is 6.78. The third-order valence-electron chi connectivity index (χ3n) is 2.51. The van der Waals surface area contributed by atoms with E-state index in [9.17, 15) is 0 Å². The molecule has 1 rings (SSSR count). The van der Waals surface area contributed by atoms with Gasteiger partial charge in [-0.25, -0.2) is 0 Å². The maximum Gasteiger partial charge on any atom is 0.156 e. The van der Waals surface area contributed by atoms with E-state index in [0.29, 0.717) is 34.8 Å². The monoisotopic (exact) mass is 399 g/mol. The lowest BCUT2D eigenvalue weighted by molar-refractivity contribution is 0.0665. The third kappa shape index (κ3) is 8.58. The van der Waals surface area contributed by atoms with Gasteiger partial charge in [0.15, 0.2) is 5.75 Å². The van der Waals surface area contributed by atoms with Crippen molar-refractivity contribution in [2.75, 3.05) is 19.8 Å². The summed E-state index contributed by atoms with van der Waals surface area (Å²) in [5.74, 6) is 0.929. The number of unbranched alkanes of at least 4 members (excludes halogenated alkanes) is 1. The van der Waals surface area contributed by atoms with Crippen molar-refractivity contribution in [2.24, 2.45) is 0 Å². The van der Waals surface area contributed by atoms with Crippen LogP contribution in [0.2, 0.25) is 10.0 Å². The van der Waals surface area contributed by atoms with Gasteiger partial charge in [-0.1, -0.05) is 53.0 Å². The van der Waals surface area contributed by atoms with Crippen molar-refractivity contribution in [3.05, 3.63) is 45.5 Å². The van der Waals surface area contributed by atoms with E-state index in [1.807, 2.05) is 0 Å². The fourth-order valence-electron chi connectivity index (χ4n) is 1.53. The average molecular weight is 401 g/mol. The second-order valence-electron chi connectivity index (χ2n) is 4.25. The molecule has 0 aliphatic heterocycles. The molecule has 128 valence electrons. The van der Waals surface area contributed by atoms with Crippen LogP contribution in [-0.4, -0.2) is 19.8 Å². The summed E-state index contributed by atoms with van der Waals surface area (Å²) in [5.41, 5.74) is 2.55. The van der Waals surface area contributed by atoms with Crippen LogP contribution in [0.15, 0.2) is 35.5 Å². The SMILES string of the molecule is C=CNOCCCCOc1c(Cl)cc(OCC=C(Cl)Cl)cc1Cl. The van der Waals surface area contributed by atoms with Crippen LogP contribution in [0.3, 0.4) is 0 Å². The van der Waals surface area contributed by atoms with Crippen molar-refractivity contribution < 1.29 is 14.3 Å². The Morgan fingerprint density at radius 3 is 2.35 bits per heavy atom. The van der Waals surface area contributed by atoms with E-state index in [2.05, 4.69) is 12.1 Å². The van der Waals surface area contributed by atoms with Gasteiger partial charge >= 0.3 is 0 Å². The molecule has 0 amide bonds. The van der Waals surface area contributed by atoms with Crippen molar-refractivity contribution in [3.63, 3.8) is 0 Å². The number of halogens is 4. The number of benzene rings is 1. The van der Waals surface area contributed by atoms with Crippen molar-refractivity contribution in [3.8, 4) is 11.5 Å². The van der Waals surface area contributed by atoms with Gasteiger partial charge < -0.3 is 9.47 Å². The molecule has 0 fully saturated rings. The molecule has 0 spiro atoms. The van der Waals surface area contributed by atoms with E-state index in [0.717, 1.165) is 12.8 Å². The van der Waals surface area contributed by atoms with E-state index >= 15 is 0 Å². The van der Waals surface area contributed by atoms with Crippen molar-refractivity contribution in [2.45, 2.75) is 12.8 Å². The molecule has 1 aromatic carbocycles. The van der Waals surface area contributed by atoms with Crippen LogP contribution >= 0.6 is 46.4 Å². The lowest BCUT2D eigenvalue weighted by atomic mass is 10.3. The van der Waals surface area contributed by atoms with Crippen molar-refractivity contribution >= 4 is 46.4 Å². The van der Waals surface area contributed by atoms with Crippen LogP contribution in [0.5, 0.6) is 11.5 Å². The lowest BCUT2D eigenvalue weighted by Gasteiger charge is -2.12. The maximum atomic E-state index is 6.15. The fourth-order valence-corrected chi connectivity index (χ4v) is 2.23. The largest absolute Gasteiger partial charge is 0.490 e. The first kappa shape index (κ1) is 20.3. The van der Waals surface area contributed by atoms with E-state index in [-0.39, 0.29) is 11.1 Å². The van der Waals surface area contributed by atoms with Crippen LogP contribution < -0.4 is 15.0 Å². The second kappa shape index (κ2) is 11.7. The number of ether oxygens (including phenoxy) is 2. The van der Waals surface area contributed by atoms with Gasteiger partial charge in [0.1, 0.15) is 16.8 Å². The summed E-state index contributed by atoms with van der Waals surface area (Å²) in [6, 6.07) is 3.24. The summed E-state index contributed by atoms with van der Waals surface area (Å²) in [4.78, 5) is 5.04. The molecule has 0 radical (unpaired) electrons. The predicted molar refractivity (Wildman–Crippen MR) is 95.8 cm³/mol. The fraction of sp³-hybridized carbons (Fsp3) is 0.333. The first-order valence-corrected chi connectivity index (χ1v) is 8.29. The molecule has 0 aliphatic carbocycles. The zero-order valence-corrected chi connectivity index (χ0v) is 15.3. The highest BCUT2D eigenvalue weighted by Crippen LogP contribution is 2.37. The molecule has 0 saturated heterocycles. The number of nitrogens with one attached hydrogen (secondary N) is 1. The van der Waals surface area contributed by atoms with Crippen LogP contribution in [0, 0.1) is 0 Å². The summed E-state index contributed by atoms with van der Waals surface area (Å²) in [7, 11) is 0. The van der Waals surface area contributed by atoms with Crippen LogP contribution in [0.1, 0.15) is 12.8 Å². The topological polar surface area (TPSA) is 39.7 Å². The number of hydroxylamine groups is 1. The summed E-state index contributed by atoms with van der Waals surface area (Å²) >= 11 is 23.3. The van der Waals surface area contributed by atoms with E-state index in [4.69, 9.17) is 60.7 Å². The number of hydrogen-bond donors (Lipinski definition) is 1. The molecule has 0 bridgehead atoms. The molecule has 0 aliphatic rings. The number of hydrogen-bond acceptors (Lipinski definition) is 4. The van der Waals surface area contributed by atoms with Crippen LogP contribution in [-0.2, 0) is 4.84 Å². The molecule has 1 N–H and O–H groups in total. The zero-order valence-electron chi connectivity index (χ0n) is 12.3. The second-order valence-corrected chi connectivity index (χ2v) is 6.07. The molecular formula is C15H17Cl4NO3. The summed E-state index contributed by atoms with van der Waals surface area (Å²) < 4.78 is 11.1. The molecule has 8 heteroatoms. The summed E-state index contributed by atoms with van der Waals surface area (Å²) in [5, 5.41) is 0.746. The Kier molecular flexibility index (Phi) is 10.3. The summed E-state index contributed by atoms with van der Waals surface area (Å²) in [6.07, 6.45) is 4.60. The molecule has 0 aromatic heterocycles. The minimum atomic E-state index is 0.134. The Balaban J connectivity index is 2.44. The molecule has 0 saturated carbocycles. The van der Waals surface area contributed by atoms with Gasteiger partial charge in [0, 0.05) is 18.3 Å². The molecule has 1 aromatic rings. The Bertz CT molecular complexity index is 510. The van der Waals surface area contributed by atoms with Crippen LogP contribution in [0.25, 0.3) is 0 Å². The Hall–Kier alpha value is -0.780. The molecule has 0 atom stereocenters. The number of rotatable bonds is 11. The van der Waals surface area contributed by atoms with Gasteiger partial charge in [-0.2, -0.15) is 0 Å². The first-order chi connectivity index (χ1) is 11.0. The van der Waals surface area contributed by atoms with Gasteiger partial charge in [-0.05, 0) is 18.9 Å². The highest BCUT2D eigenvalue weighted by Gasteiger charge is 2.10. The van der Waals surface area contributed by atoms with E-state index < -0.39 is 0 Å². The quantitative estimate of drug-likeness (QED) is 0.392. The van der Waals surface area contributed by atoms with Gasteiger partial charge in [0.25, 0.3) is 0 Å². The highest BCUT2D eigenvalue weighted by molar-refractivity contribution is 6.55. The minimum Gasteiger partial charge on any atom is -0.490 e. The molecule has 23 heavy (non-hydrogen) atoms. The maximum absolute atomic E-state index is 6.15. The Labute approximate surface area is 155 Å².